The van der Waals surface area contributed by atoms with E-state index in [2.05, 4.69) is 4.72 Å². The molecule has 6 heteroatoms. The molecule has 0 saturated heterocycles. The zero-order chi connectivity index (χ0) is 13.2. The van der Waals surface area contributed by atoms with E-state index in [-0.39, 0.29) is 21.0 Å². The second-order valence-corrected chi connectivity index (χ2v) is 6.97. The zero-order valence-corrected chi connectivity index (χ0v) is 12.2. The molecule has 0 bridgehead atoms. The molecule has 1 saturated carbocycles. The van der Waals surface area contributed by atoms with Gasteiger partial charge in [-0.1, -0.05) is 48.5 Å². The van der Waals surface area contributed by atoms with Crippen molar-refractivity contribution < 1.29 is 8.42 Å². The normalized spacial score (nSPS) is 17.9. The first-order valence-corrected chi connectivity index (χ1v) is 8.21. The fourth-order valence-electron chi connectivity index (χ4n) is 2.24. The number of rotatable bonds is 3. The van der Waals surface area contributed by atoms with Gasteiger partial charge in [0, 0.05) is 6.04 Å². The van der Waals surface area contributed by atoms with E-state index in [9.17, 15) is 8.42 Å². The molecule has 100 valence electrons. The van der Waals surface area contributed by atoms with Crippen molar-refractivity contribution >= 4 is 33.2 Å². The minimum Gasteiger partial charge on any atom is -0.208 e. The molecule has 1 aliphatic rings. The molecular formula is C12H15Cl2NO2S. The van der Waals surface area contributed by atoms with E-state index in [1.54, 1.807) is 6.07 Å². The average molecular weight is 308 g/mol. The maximum atomic E-state index is 12.3. The van der Waals surface area contributed by atoms with Crippen LogP contribution in [0.1, 0.15) is 32.1 Å². The first kappa shape index (κ1) is 14.1. The third-order valence-corrected chi connectivity index (χ3v) is 5.59. The molecule has 1 N–H and O–H groups in total. The van der Waals surface area contributed by atoms with Gasteiger partial charge in [-0.3, -0.25) is 0 Å². The molecule has 18 heavy (non-hydrogen) atoms. The van der Waals surface area contributed by atoms with Crippen LogP contribution < -0.4 is 4.72 Å². The Balaban J connectivity index is 2.25. The van der Waals surface area contributed by atoms with E-state index in [1.165, 1.54) is 18.6 Å². The summed E-state index contributed by atoms with van der Waals surface area (Å²) < 4.78 is 27.2. The molecule has 1 aromatic rings. The molecule has 0 radical (unpaired) electrons. The highest BCUT2D eigenvalue weighted by molar-refractivity contribution is 7.89. The predicted octanol–water partition coefficient (Wildman–Crippen LogP) is 3.60. The molecule has 0 amide bonds. The SMILES string of the molecule is O=S(=O)(NC1CCCCC1)c1c(Cl)cccc1Cl. The Morgan fingerprint density at radius 3 is 2.17 bits per heavy atom. The van der Waals surface area contributed by atoms with Crippen molar-refractivity contribution in [2.45, 2.75) is 43.0 Å². The molecular weight excluding hydrogens is 293 g/mol. The molecule has 1 aliphatic carbocycles. The fourth-order valence-corrected chi connectivity index (χ4v) is 4.69. The topological polar surface area (TPSA) is 46.2 Å². The van der Waals surface area contributed by atoms with Crippen LogP contribution in [0.5, 0.6) is 0 Å². The lowest BCUT2D eigenvalue weighted by Gasteiger charge is -2.23. The number of hydrogen-bond donors (Lipinski definition) is 1. The summed E-state index contributed by atoms with van der Waals surface area (Å²) in [6, 6.07) is 4.69. The van der Waals surface area contributed by atoms with Crippen LogP contribution in [0.4, 0.5) is 0 Å². The summed E-state index contributed by atoms with van der Waals surface area (Å²) in [5, 5.41) is 0.316. The molecule has 0 heterocycles. The molecule has 0 unspecified atom stereocenters. The van der Waals surface area contributed by atoms with Gasteiger partial charge in [0.1, 0.15) is 4.90 Å². The standard InChI is InChI=1S/C12H15Cl2NO2S/c13-10-7-4-8-11(14)12(10)18(16,17)15-9-5-2-1-3-6-9/h4,7-9,15H,1-3,5-6H2. The van der Waals surface area contributed by atoms with E-state index in [1.807, 2.05) is 0 Å². The Morgan fingerprint density at radius 1 is 1.06 bits per heavy atom. The molecule has 0 aliphatic heterocycles. The van der Waals surface area contributed by atoms with Crippen molar-refractivity contribution in [1.82, 2.24) is 4.72 Å². The number of nitrogens with one attached hydrogen (secondary N) is 1. The lowest BCUT2D eigenvalue weighted by atomic mass is 9.96. The number of benzene rings is 1. The monoisotopic (exact) mass is 307 g/mol. The summed E-state index contributed by atoms with van der Waals surface area (Å²) in [5.74, 6) is 0. The number of sulfonamides is 1. The molecule has 3 nitrogen and oxygen atoms in total. The van der Waals surface area contributed by atoms with Gasteiger partial charge in [0.2, 0.25) is 10.0 Å². The van der Waals surface area contributed by atoms with Gasteiger partial charge >= 0.3 is 0 Å². The first-order valence-electron chi connectivity index (χ1n) is 5.97. The van der Waals surface area contributed by atoms with Crippen LogP contribution in [-0.2, 0) is 10.0 Å². The average Bonchev–Trinajstić information content (AvgIpc) is 2.28. The minimum absolute atomic E-state index is 0.00362. The highest BCUT2D eigenvalue weighted by atomic mass is 35.5. The van der Waals surface area contributed by atoms with Crippen molar-refractivity contribution in [1.29, 1.82) is 0 Å². The van der Waals surface area contributed by atoms with Crippen molar-refractivity contribution in [3.63, 3.8) is 0 Å². The van der Waals surface area contributed by atoms with Gasteiger partial charge in [0.05, 0.1) is 10.0 Å². The molecule has 0 spiro atoms. The van der Waals surface area contributed by atoms with Crippen LogP contribution in [0.2, 0.25) is 10.0 Å². The smallest absolute Gasteiger partial charge is 0.208 e. The highest BCUT2D eigenvalue weighted by Crippen LogP contribution is 2.30. The van der Waals surface area contributed by atoms with Gasteiger partial charge in [-0.15, -0.1) is 0 Å². The van der Waals surface area contributed by atoms with Crippen LogP contribution in [0.3, 0.4) is 0 Å². The quantitative estimate of drug-likeness (QED) is 0.927. The predicted molar refractivity (Wildman–Crippen MR) is 73.7 cm³/mol. The minimum atomic E-state index is -3.64. The number of halogens is 2. The Labute approximate surface area is 118 Å². The van der Waals surface area contributed by atoms with Crippen LogP contribution in [-0.4, -0.2) is 14.5 Å². The lowest BCUT2D eigenvalue weighted by Crippen LogP contribution is -2.36. The molecule has 0 atom stereocenters. The summed E-state index contributed by atoms with van der Waals surface area (Å²) in [7, 11) is -3.64. The van der Waals surface area contributed by atoms with Crippen molar-refractivity contribution in [3.05, 3.63) is 28.2 Å². The summed E-state index contributed by atoms with van der Waals surface area (Å²) in [6.45, 7) is 0. The number of hydrogen-bond acceptors (Lipinski definition) is 2. The highest BCUT2D eigenvalue weighted by Gasteiger charge is 2.25. The van der Waals surface area contributed by atoms with E-state index in [0.29, 0.717) is 0 Å². The maximum absolute atomic E-state index is 12.3. The largest absolute Gasteiger partial charge is 0.243 e. The fraction of sp³-hybridized carbons (Fsp3) is 0.500. The van der Waals surface area contributed by atoms with Crippen molar-refractivity contribution in [2.24, 2.45) is 0 Å². The van der Waals surface area contributed by atoms with Gasteiger partial charge < -0.3 is 0 Å². The first-order chi connectivity index (χ1) is 8.50. The van der Waals surface area contributed by atoms with Gasteiger partial charge in [0.25, 0.3) is 0 Å². The summed E-state index contributed by atoms with van der Waals surface area (Å²) in [5.41, 5.74) is 0. The summed E-state index contributed by atoms with van der Waals surface area (Å²) >= 11 is 11.9. The molecule has 1 fully saturated rings. The van der Waals surface area contributed by atoms with Gasteiger partial charge in [-0.25, -0.2) is 13.1 Å². The maximum Gasteiger partial charge on any atom is 0.243 e. The van der Waals surface area contributed by atoms with Crippen molar-refractivity contribution in [3.8, 4) is 0 Å². The zero-order valence-electron chi connectivity index (χ0n) is 9.83. The van der Waals surface area contributed by atoms with Crippen molar-refractivity contribution in [2.75, 3.05) is 0 Å². The van der Waals surface area contributed by atoms with Crippen LogP contribution in [0.15, 0.2) is 23.1 Å². The van der Waals surface area contributed by atoms with Crippen LogP contribution >= 0.6 is 23.2 Å². The third kappa shape index (κ3) is 3.18. The Kier molecular flexibility index (Phi) is 4.54. The molecule has 1 aromatic carbocycles. The van der Waals surface area contributed by atoms with E-state index >= 15 is 0 Å². The van der Waals surface area contributed by atoms with E-state index in [0.717, 1.165) is 25.7 Å². The van der Waals surface area contributed by atoms with Crippen LogP contribution in [0, 0.1) is 0 Å². The van der Waals surface area contributed by atoms with Gasteiger partial charge in [0.15, 0.2) is 0 Å². The second kappa shape index (κ2) is 5.78. The third-order valence-electron chi connectivity index (χ3n) is 3.11. The molecule has 2 rings (SSSR count). The van der Waals surface area contributed by atoms with Gasteiger partial charge in [-0.2, -0.15) is 0 Å². The van der Waals surface area contributed by atoms with E-state index in [4.69, 9.17) is 23.2 Å². The Bertz CT molecular complexity index is 505. The molecule has 0 aromatic heterocycles. The Hall–Kier alpha value is -0.290. The van der Waals surface area contributed by atoms with Crippen LogP contribution in [0.25, 0.3) is 0 Å². The Morgan fingerprint density at radius 2 is 1.61 bits per heavy atom. The second-order valence-electron chi connectivity index (χ2n) is 4.51. The van der Waals surface area contributed by atoms with Gasteiger partial charge in [-0.05, 0) is 25.0 Å². The summed E-state index contributed by atoms with van der Waals surface area (Å²) in [6.07, 6.45) is 5.04. The van der Waals surface area contributed by atoms with E-state index < -0.39 is 10.0 Å². The summed E-state index contributed by atoms with van der Waals surface area (Å²) in [4.78, 5) is -0.0149. The lowest BCUT2D eigenvalue weighted by molar-refractivity contribution is 0.412.